The normalized spacial score (nSPS) is 10.9. The molecule has 0 aliphatic rings. The van der Waals surface area contributed by atoms with Crippen LogP contribution in [0.15, 0.2) is 46.9 Å². The zero-order valence-corrected chi connectivity index (χ0v) is 20.3. The molecule has 32 heavy (non-hydrogen) atoms. The first-order chi connectivity index (χ1) is 15.2. The highest BCUT2D eigenvalue weighted by Crippen LogP contribution is 2.25. The van der Waals surface area contributed by atoms with Gasteiger partial charge < -0.3 is 10.6 Å². The highest BCUT2D eigenvalue weighted by molar-refractivity contribution is 9.10. The molecule has 0 unspecified atom stereocenters. The zero-order chi connectivity index (χ0) is 23.4. The second-order valence-electron chi connectivity index (χ2n) is 7.87. The highest BCUT2D eigenvalue weighted by Gasteiger charge is 2.21. The molecule has 0 radical (unpaired) electrons. The lowest BCUT2D eigenvalue weighted by molar-refractivity contribution is -0.136. The number of hydrogen-bond acceptors (Lipinski definition) is 3. The Morgan fingerprint density at radius 1 is 1.06 bits per heavy atom. The summed E-state index contributed by atoms with van der Waals surface area (Å²) in [6.45, 7) is 6.36. The Labute approximate surface area is 199 Å². The predicted octanol–water partition coefficient (Wildman–Crippen LogP) is 4.85. The summed E-state index contributed by atoms with van der Waals surface area (Å²) in [4.78, 5) is 37.8. The van der Waals surface area contributed by atoms with Gasteiger partial charge in [0.2, 0.25) is 0 Å². The molecule has 0 bridgehead atoms. The van der Waals surface area contributed by atoms with Crippen molar-refractivity contribution in [2.45, 2.75) is 27.2 Å². The first-order valence-electron chi connectivity index (χ1n) is 10.1. The summed E-state index contributed by atoms with van der Waals surface area (Å²) in [6, 6.07) is 12.0. The Kier molecular flexibility index (Phi) is 7.58. The number of benzene rings is 2. The van der Waals surface area contributed by atoms with Crippen molar-refractivity contribution in [3.8, 4) is 0 Å². The minimum absolute atomic E-state index is 0.158. The van der Waals surface area contributed by atoms with Crippen LogP contribution in [-0.4, -0.2) is 28.9 Å². The molecule has 168 valence electrons. The fraction of sp³-hybridized carbons (Fsp3) is 0.261. The summed E-state index contributed by atoms with van der Waals surface area (Å²) in [5, 5.41) is 6.56. The van der Waals surface area contributed by atoms with Gasteiger partial charge in [0.15, 0.2) is 0 Å². The smallest absolute Gasteiger partial charge is 0.328 e. The van der Waals surface area contributed by atoms with Crippen LogP contribution >= 0.6 is 27.5 Å². The van der Waals surface area contributed by atoms with Crippen molar-refractivity contribution in [3.63, 3.8) is 0 Å². The average Bonchev–Trinajstić information content (AvgIpc) is 3.07. The topological polar surface area (TPSA) is 92.2 Å². The summed E-state index contributed by atoms with van der Waals surface area (Å²) in [6.07, 6.45) is 0.754. The Morgan fingerprint density at radius 2 is 1.81 bits per heavy atom. The minimum Gasteiger partial charge on any atom is -0.348 e. The standard InChI is InChI=1S/C23H24BrClN4O3/c1-13(2)8-9-26-22(31)23(32)28-29-19-7-4-16(25)11-15(19)12-20(29)21(30)27-17-5-6-18(24)14(3)10-17/h4-7,10-13H,8-9H2,1-3H3,(H,26,31)(H,27,30)(H,28,32). The third kappa shape index (κ3) is 5.69. The van der Waals surface area contributed by atoms with E-state index in [-0.39, 0.29) is 5.69 Å². The number of aryl methyl sites for hydroxylation is 1. The van der Waals surface area contributed by atoms with E-state index in [9.17, 15) is 14.4 Å². The molecule has 0 saturated heterocycles. The molecule has 0 spiro atoms. The van der Waals surface area contributed by atoms with Crippen LogP contribution in [0.4, 0.5) is 5.69 Å². The monoisotopic (exact) mass is 518 g/mol. The maximum Gasteiger partial charge on any atom is 0.328 e. The van der Waals surface area contributed by atoms with Gasteiger partial charge >= 0.3 is 11.8 Å². The summed E-state index contributed by atoms with van der Waals surface area (Å²) in [7, 11) is 0. The van der Waals surface area contributed by atoms with Gasteiger partial charge in [0, 0.05) is 27.1 Å². The van der Waals surface area contributed by atoms with E-state index >= 15 is 0 Å². The first-order valence-corrected chi connectivity index (χ1v) is 11.3. The number of carbonyl (C=O) groups is 3. The summed E-state index contributed by atoms with van der Waals surface area (Å²) in [5.74, 6) is -1.68. The molecule has 3 N–H and O–H groups in total. The Bertz CT molecular complexity index is 1190. The highest BCUT2D eigenvalue weighted by atomic mass is 79.9. The number of fused-ring (bicyclic) bond motifs is 1. The van der Waals surface area contributed by atoms with Crippen molar-refractivity contribution >= 4 is 61.8 Å². The van der Waals surface area contributed by atoms with Crippen LogP contribution in [0.3, 0.4) is 0 Å². The second-order valence-corrected chi connectivity index (χ2v) is 9.16. The molecule has 0 aliphatic heterocycles. The van der Waals surface area contributed by atoms with E-state index in [2.05, 4.69) is 32.0 Å². The quantitative estimate of drug-likeness (QED) is 0.407. The van der Waals surface area contributed by atoms with Crippen molar-refractivity contribution in [2.24, 2.45) is 5.92 Å². The summed E-state index contributed by atoms with van der Waals surface area (Å²) < 4.78 is 2.23. The number of anilines is 1. The van der Waals surface area contributed by atoms with Crippen LogP contribution in [0.25, 0.3) is 10.9 Å². The average molecular weight is 520 g/mol. The largest absolute Gasteiger partial charge is 0.348 e. The number of amides is 3. The van der Waals surface area contributed by atoms with Crippen molar-refractivity contribution < 1.29 is 14.4 Å². The first kappa shape index (κ1) is 23.8. The maximum atomic E-state index is 13.1. The van der Waals surface area contributed by atoms with E-state index in [1.165, 1.54) is 4.68 Å². The molecule has 0 aliphatic carbocycles. The number of halogens is 2. The number of nitrogens with zero attached hydrogens (tertiary/aromatic N) is 1. The Hall–Kier alpha value is -2.84. The Morgan fingerprint density at radius 3 is 2.50 bits per heavy atom. The van der Waals surface area contributed by atoms with Crippen LogP contribution in [0.2, 0.25) is 5.02 Å². The van der Waals surface area contributed by atoms with E-state index in [0.29, 0.717) is 34.1 Å². The lowest BCUT2D eigenvalue weighted by atomic mass is 10.1. The number of aromatic nitrogens is 1. The molecule has 3 rings (SSSR count). The second kappa shape index (κ2) is 10.2. The molecule has 3 amide bonds. The molecule has 7 nitrogen and oxygen atoms in total. The van der Waals surface area contributed by atoms with Gasteiger partial charge in [-0.3, -0.25) is 19.8 Å². The van der Waals surface area contributed by atoms with Gasteiger partial charge in [0.25, 0.3) is 5.91 Å². The SMILES string of the molecule is Cc1cc(NC(=O)c2cc3cc(Cl)ccc3n2NC(=O)C(=O)NCCC(C)C)ccc1Br. The molecule has 0 atom stereocenters. The van der Waals surface area contributed by atoms with Crippen molar-refractivity contribution in [1.82, 2.24) is 9.99 Å². The molecular weight excluding hydrogens is 496 g/mol. The lowest BCUT2D eigenvalue weighted by Crippen LogP contribution is -2.40. The van der Waals surface area contributed by atoms with Crippen molar-refractivity contribution in [3.05, 3.63) is 63.2 Å². The third-order valence-corrected chi connectivity index (χ3v) is 5.96. The Balaban J connectivity index is 1.88. The molecular formula is C23H24BrClN4O3. The zero-order valence-electron chi connectivity index (χ0n) is 18.0. The van der Waals surface area contributed by atoms with E-state index in [0.717, 1.165) is 16.5 Å². The van der Waals surface area contributed by atoms with E-state index in [4.69, 9.17) is 11.6 Å². The third-order valence-electron chi connectivity index (χ3n) is 4.84. The van der Waals surface area contributed by atoms with Crippen LogP contribution in [0.1, 0.15) is 36.3 Å². The molecule has 3 aromatic rings. The molecule has 1 heterocycles. The van der Waals surface area contributed by atoms with Gasteiger partial charge in [-0.2, -0.15) is 0 Å². The van der Waals surface area contributed by atoms with Crippen molar-refractivity contribution in [1.29, 1.82) is 0 Å². The van der Waals surface area contributed by atoms with Crippen molar-refractivity contribution in [2.75, 3.05) is 17.3 Å². The molecule has 2 aromatic carbocycles. The van der Waals surface area contributed by atoms with Gasteiger partial charge in [-0.1, -0.05) is 41.4 Å². The fourth-order valence-electron chi connectivity index (χ4n) is 3.10. The van der Waals surface area contributed by atoms with Crippen LogP contribution in [-0.2, 0) is 9.59 Å². The summed E-state index contributed by atoms with van der Waals surface area (Å²) in [5.41, 5.74) is 4.79. The van der Waals surface area contributed by atoms with E-state index in [1.54, 1.807) is 30.3 Å². The van der Waals surface area contributed by atoms with Crippen LogP contribution < -0.4 is 16.1 Å². The molecule has 9 heteroatoms. The predicted molar refractivity (Wildman–Crippen MR) is 131 cm³/mol. The van der Waals surface area contributed by atoms with Gasteiger partial charge in [0.1, 0.15) is 5.69 Å². The molecule has 0 saturated carbocycles. The summed E-state index contributed by atoms with van der Waals surface area (Å²) >= 11 is 9.53. The van der Waals surface area contributed by atoms with Gasteiger partial charge in [-0.05, 0) is 67.3 Å². The number of rotatable bonds is 6. The number of hydrogen-bond donors (Lipinski definition) is 3. The van der Waals surface area contributed by atoms with Gasteiger partial charge in [-0.15, -0.1) is 0 Å². The van der Waals surface area contributed by atoms with E-state index < -0.39 is 17.7 Å². The van der Waals surface area contributed by atoms with Gasteiger partial charge in [0.05, 0.1) is 5.52 Å². The maximum absolute atomic E-state index is 13.1. The number of nitrogens with one attached hydrogen (secondary N) is 3. The van der Waals surface area contributed by atoms with Crippen LogP contribution in [0, 0.1) is 12.8 Å². The number of carbonyl (C=O) groups excluding carboxylic acids is 3. The molecule has 0 fully saturated rings. The molecule has 1 aromatic heterocycles. The van der Waals surface area contributed by atoms with E-state index in [1.807, 2.05) is 32.9 Å². The van der Waals surface area contributed by atoms with Gasteiger partial charge in [-0.25, -0.2) is 4.68 Å². The lowest BCUT2D eigenvalue weighted by Gasteiger charge is -2.13. The minimum atomic E-state index is -0.866. The fourth-order valence-corrected chi connectivity index (χ4v) is 3.53. The van der Waals surface area contributed by atoms with Crippen LogP contribution in [0.5, 0.6) is 0 Å².